The number of hydrogen-bond donors (Lipinski definition) is 0. The number of thiazole rings is 2. The Balaban J connectivity index is 2.00. The quantitative estimate of drug-likeness (QED) is 0.541. The van der Waals surface area contributed by atoms with Crippen molar-refractivity contribution in [2.75, 3.05) is 13.4 Å². The monoisotopic (exact) mass is 376 g/mol. The highest BCUT2D eigenvalue weighted by Crippen LogP contribution is 2.37. The number of methoxy groups -OCH3 is 1. The molecule has 0 spiro atoms. The number of benzene rings is 2. The highest BCUT2D eigenvalue weighted by Gasteiger charge is 2.17. The lowest BCUT2D eigenvalue weighted by molar-refractivity contribution is 0.415. The zero-order valence-electron chi connectivity index (χ0n) is 12.8. The van der Waals surface area contributed by atoms with Gasteiger partial charge >= 0.3 is 0 Å². The smallest absolute Gasteiger partial charge is 0.175 e. The third kappa shape index (κ3) is 2.56. The van der Waals surface area contributed by atoms with Crippen molar-refractivity contribution >= 4 is 52.9 Å². The third-order valence-corrected chi connectivity index (χ3v) is 6.58. The maximum atomic E-state index is 12.0. The minimum Gasteiger partial charge on any atom is -0.497 e. The first-order chi connectivity index (χ1) is 11.5. The molecule has 122 valence electrons. The van der Waals surface area contributed by atoms with Crippen LogP contribution in [0.4, 0.5) is 0 Å². The van der Waals surface area contributed by atoms with Crippen molar-refractivity contribution in [1.29, 1.82) is 0 Å². The summed E-state index contributed by atoms with van der Waals surface area (Å²) in [6.07, 6.45) is 1.21. The lowest BCUT2D eigenvalue weighted by Crippen LogP contribution is -1.97. The highest BCUT2D eigenvalue weighted by atomic mass is 32.2. The number of ether oxygens (including phenoxy) is 1. The van der Waals surface area contributed by atoms with E-state index in [0.29, 0.717) is 0 Å². The van der Waals surface area contributed by atoms with Crippen LogP contribution in [0.15, 0.2) is 40.7 Å². The molecule has 0 N–H and O–H groups in total. The van der Waals surface area contributed by atoms with Crippen LogP contribution in [-0.4, -0.2) is 31.8 Å². The van der Waals surface area contributed by atoms with Crippen molar-refractivity contribution in [3.05, 3.63) is 35.8 Å². The first-order valence-corrected chi connectivity index (χ1v) is 10.6. The summed E-state index contributed by atoms with van der Waals surface area (Å²) in [5, 5.41) is 0.750. The Kier molecular flexibility index (Phi) is 3.56. The molecule has 0 bridgehead atoms. The standard InChI is InChI=1S/C16H12N2O3S3/c1-21-9-3-4-12-13(5-9)23-16(18-12)11-6-10(24(2,19)20)7-14-15(11)17-8-22-14/h3-8H,1-2H3. The van der Waals surface area contributed by atoms with Crippen molar-refractivity contribution in [2.45, 2.75) is 4.90 Å². The average Bonchev–Trinajstić information content (AvgIpc) is 3.18. The maximum absolute atomic E-state index is 12.0. The summed E-state index contributed by atoms with van der Waals surface area (Å²) in [5.41, 5.74) is 4.09. The highest BCUT2D eigenvalue weighted by molar-refractivity contribution is 7.90. The molecule has 0 saturated carbocycles. The van der Waals surface area contributed by atoms with Gasteiger partial charge in [0, 0.05) is 11.8 Å². The molecule has 24 heavy (non-hydrogen) atoms. The fourth-order valence-electron chi connectivity index (χ4n) is 2.47. The molecule has 8 heteroatoms. The summed E-state index contributed by atoms with van der Waals surface area (Å²) in [6.45, 7) is 0. The van der Waals surface area contributed by atoms with E-state index in [9.17, 15) is 8.42 Å². The molecule has 4 aromatic rings. The van der Waals surface area contributed by atoms with Gasteiger partial charge in [0.1, 0.15) is 10.8 Å². The van der Waals surface area contributed by atoms with Gasteiger partial charge in [0.05, 0.1) is 37.9 Å². The van der Waals surface area contributed by atoms with Crippen LogP contribution < -0.4 is 4.74 Å². The van der Waals surface area contributed by atoms with Gasteiger partial charge in [-0.05, 0) is 30.3 Å². The van der Waals surface area contributed by atoms with E-state index in [1.54, 1.807) is 24.8 Å². The van der Waals surface area contributed by atoms with Gasteiger partial charge in [-0.25, -0.2) is 18.4 Å². The number of rotatable bonds is 3. The van der Waals surface area contributed by atoms with Gasteiger partial charge in [-0.3, -0.25) is 0 Å². The minimum atomic E-state index is -3.31. The van der Waals surface area contributed by atoms with Gasteiger partial charge in [0.2, 0.25) is 0 Å². The van der Waals surface area contributed by atoms with Crippen LogP contribution in [0.3, 0.4) is 0 Å². The van der Waals surface area contributed by atoms with Crippen LogP contribution >= 0.6 is 22.7 Å². The van der Waals surface area contributed by atoms with Crippen LogP contribution in [0.5, 0.6) is 5.75 Å². The summed E-state index contributed by atoms with van der Waals surface area (Å²) in [4.78, 5) is 9.32. The molecule has 2 heterocycles. The van der Waals surface area contributed by atoms with E-state index < -0.39 is 9.84 Å². The average molecular weight is 376 g/mol. The number of fused-ring (bicyclic) bond motifs is 2. The Morgan fingerprint density at radius 1 is 1.12 bits per heavy atom. The lowest BCUT2D eigenvalue weighted by Gasteiger charge is -2.03. The first kappa shape index (κ1) is 15.5. The van der Waals surface area contributed by atoms with Crippen LogP contribution in [0.25, 0.3) is 31.0 Å². The van der Waals surface area contributed by atoms with Gasteiger partial charge in [-0.15, -0.1) is 22.7 Å². The summed E-state index contributed by atoms with van der Waals surface area (Å²) in [5.74, 6) is 0.765. The Labute approximate surface area is 146 Å². The Morgan fingerprint density at radius 2 is 1.96 bits per heavy atom. The van der Waals surface area contributed by atoms with Gasteiger partial charge in [-0.2, -0.15) is 0 Å². The predicted octanol–water partition coefficient (Wildman–Crippen LogP) is 3.99. The molecule has 0 atom stereocenters. The molecule has 0 aliphatic heterocycles. The van der Waals surface area contributed by atoms with Crippen LogP contribution in [0.1, 0.15) is 0 Å². The van der Waals surface area contributed by atoms with Crippen molar-refractivity contribution in [3.63, 3.8) is 0 Å². The predicted molar refractivity (Wildman–Crippen MR) is 97.9 cm³/mol. The second kappa shape index (κ2) is 5.51. The van der Waals surface area contributed by atoms with E-state index in [-0.39, 0.29) is 4.90 Å². The molecule has 0 aliphatic rings. The Hall–Kier alpha value is -2.03. The fraction of sp³-hybridized carbons (Fsp3) is 0.125. The van der Waals surface area contributed by atoms with E-state index in [1.165, 1.54) is 28.9 Å². The number of hydrogen-bond acceptors (Lipinski definition) is 7. The molecule has 2 aromatic carbocycles. The van der Waals surface area contributed by atoms with Crippen LogP contribution in [0.2, 0.25) is 0 Å². The Morgan fingerprint density at radius 3 is 2.71 bits per heavy atom. The second-order valence-corrected chi connectivity index (χ2v) is 9.23. The van der Waals surface area contributed by atoms with E-state index in [0.717, 1.165) is 36.8 Å². The van der Waals surface area contributed by atoms with E-state index in [2.05, 4.69) is 9.97 Å². The lowest BCUT2D eigenvalue weighted by atomic mass is 10.2. The third-order valence-electron chi connectivity index (χ3n) is 3.66. The minimum absolute atomic E-state index is 0.283. The fourth-order valence-corrected chi connectivity index (χ4v) is 4.96. The first-order valence-electron chi connectivity index (χ1n) is 6.98. The summed E-state index contributed by atoms with van der Waals surface area (Å²) < 4.78 is 31.0. The summed E-state index contributed by atoms with van der Waals surface area (Å²) in [7, 11) is -1.69. The number of nitrogens with zero attached hydrogens (tertiary/aromatic N) is 2. The van der Waals surface area contributed by atoms with E-state index in [1.807, 2.05) is 18.2 Å². The number of sulfone groups is 1. The molecule has 0 unspecified atom stereocenters. The van der Waals surface area contributed by atoms with Crippen molar-refractivity contribution < 1.29 is 13.2 Å². The summed E-state index contributed by atoms with van der Waals surface area (Å²) in [6, 6.07) is 9.01. The van der Waals surface area contributed by atoms with Crippen LogP contribution in [0, 0.1) is 0 Å². The molecular formula is C16H12N2O3S3. The number of aromatic nitrogens is 2. The molecule has 0 aliphatic carbocycles. The largest absolute Gasteiger partial charge is 0.497 e. The van der Waals surface area contributed by atoms with Crippen molar-refractivity contribution in [2.24, 2.45) is 0 Å². The van der Waals surface area contributed by atoms with Crippen molar-refractivity contribution in [1.82, 2.24) is 9.97 Å². The molecule has 0 saturated heterocycles. The van der Waals surface area contributed by atoms with Gasteiger partial charge in [0.25, 0.3) is 0 Å². The molecule has 0 amide bonds. The van der Waals surface area contributed by atoms with Gasteiger partial charge in [-0.1, -0.05) is 0 Å². The van der Waals surface area contributed by atoms with Crippen molar-refractivity contribution in [3.8, 4) is 16.3 Å². The van der Waals surface area contributed by atoms with E-state index in [4.69, 9.17) is 4.74 Å². The Bertz CT molecular complexity index is 1180. The zero-order chi connectivity index (χ0) is 16.9. The maximum Gasteiger partial charge on any atom is 0.175 e. The van der Waals surface area contributed by atoms with Crippen LogP contribution in [-0.2, 0) is 9.84 Å². The molecule has 0 fully saturated rings. The van der Waals surface area contributed by atoms with E-state index >= 15 is 0 Å². The zero-order valence-corrected chi connectivity index (χ0v) is 15.3. The SMILES string of the molecule is COc1ccc2nc(-c3cc(S(C)(=O)=O)cc4scnc34)sc2c1. The second-order valence-electron chi connectivity index (χ2n) is 5.29. The van der Waals surface area contributed by atoms with Gasteiger partial charge < -0.3 is 4.74 Å². The molecular weight excluding hydrogens is 364 g/mol. The summed E-state index contributed by atoms with van der Waals surface area (Å²) >= 11 is 2.92. The topological polar surface area (TPSA) is 69.2 Å². The molecule has 4 rings (SSSR count). The molecule has 2 aromatic heterocycles. The molecule has 5 nitrogen and oxygen atoms in total. The van der Waals surface area contributed by atoms with Gasteiger partial charge in [0.15, 0.2) is 9.84 Å². The normalized spacial score (nSPS) is 12.1. The molecule has 0 radical (unpaired) electrons.